The lowest BCUT2D eigenvalue weighted by Crippen LogP contribution is -2.18. The Kier molecular flexibility index (Phi) is 2.20. The molecule has 0 radical (unpaired) electrons. The standard InChI is InChI=1S/C10H11BrO/c1-7-4-8-2-3-10(11)5-9(8)6-12-7/h2-3,5,7H,4,6H2,1H3. The first-order chi connectivity index (χ1) is 5.75. The molecule has 0 aromatic heterocycles. The van der Waals surface area contributed by atoms with Crippen molar-refractivity contribution in [3.05, 3.63) is 33.8 Å². The molecule has 1 aliphatic rings. The van der Waals surface area contributed by atoms with Crippen LogP contribution < -0.4 is 0 Å². The Morgan fingerprint density at radius 1 is 1.42 bits per heavy atom. The predicted molar refractivity (Wildman–Crippen MR) is 52.1 cm³/mol. The van der Waals surface area contributed by atoms with Crippen LogP contribution in [0, 0.1) is 0 Å². The van der Waals surface area contributed by atoms with E-state index in [2.05, 4.69) is 41.1 Å². The molecule has 0 fully saturated rings. The van der Waals surface area contributed by atoms with Crippen LogP contribution in [-0.4, -0.2) is 6.10 Å². The number of ether oxygens (including phenoxy) is 1. The molecule has 2 heteroatoms. The molecule has 0 saturated heterocycles. The summed E-state index contributed by atoms with van der Waals surface area (Å²) in [5, 5.41) is 0. The van der Waals surface area contributed by atoms with Gasteiger partial charge in [-0.1, -0.05) is 22.0 Å². The van der Waals surface area contributed by atoms with Gasteiger partial charge in [-0.25, -0.2) is 0 Å². The van der Waals surface area contributed by atoms with Crippen LogP contribution >= 0.6 is 15.9 Å². The van der Waals surface area contributed by atoms with E-state index < -0.39 is 0 Å². The van der Waals surface area contributed by atoms with E-state index in [0.29, 0.717) is 6.10 Å². The van der Waals surface area contributed by atoms with Gasteiger partial charge in [-0.05, 0) is 36.6 Å². The first-order valence-electron chi connectivity index (χ1n) is 4.14. The van der Waals surface area contributed by atoms with E-state index in [1.54, 1.807) is 0 Å². The topological polar surface area (TPSA) is 9.23 Å². The van der Waals surface area contributed by atoms with Crippen LogP contribution in [0.2, 0.25) is 0 Å². The summed E-state index contributed by atoms with van der Waals surface area (Å²) in [5.41, 5.74) is 2.75. The highest BCUT2D eigenvalue weighted by molar-refractivity contribution is 9.10. The zero-order chi connectivity index (χ0) is 8.55. The van der Waals surface area contributed by atoms with Crippen LogP contribution in [0.4, 0.5) is 0 Å². The highest BCUT2D eigenvalue weighted by Gasteiger charge is 2.14. The summed E-state index contributed by atoms with van der Waals surface area (Å²) in [6, 6.07) is 6.41. The summed E-state index contributed by atoms with van der Waals surface area (Å²) in [6.07, 6.45) is 1.42. The van der Waals surface area contributed by atoms with Gasteiger partial charge in [0.2, 0.25) is 0 Å². The van der Waals surface area contributed by atoms with Crippen LogP contribution in [0.1, 0.15) is 18.1 Å². The van der Waals surface area contributed by atoms with Crippen LogP contribution in [0.25, 0.3) is 0 Å². The zero-order valence-electron chi connectivity index (χ0n) is 7.01. The van der Waals surface area contributed by atoms with Gasteiger partial charge in [0, 0.05) is 4.47 Å². The fourth-order valence-corrected chi connectivity index (χ4v) is 1.94. The molecule has 1 nitrogen and oxygen atoms in total. The maximum absolute atomic E-state index is 5.54. The molecule has 1 atom stereocenters. The number of hydrogen-bond acceptors (Lipinski definition) is 1. The Labute approximate surface area is 80.9 Å². The lowest BCUT2D eigenvalue weighted by atomic mass is 10.0. The van der Waals surface area contributed by atoms with Gasteiger partial charge in [-0.2, -0.15) is 0 Å². The van der Waals surface area contributed by atoms with E-state index >= 15 is 0 Å². The van der Waals surface area contributed by atoms with E-state index in [1.807, 2.05) is 0 Å². The maximum Gasteiger partial charge on any atom is 0.0723 e. The molecule has 1 aromatic carbocycles. The van der Waals surface area contributed by atoms with Gasteiger partial charge in [0.1, 0.15) is 0 Å². The zero-order valence-corrected chi connectivity index (χ0v) is 8.60. The lowest BCUT2D eigenvalue weighted by Gasteiger charge is -2.22. The normalized spacial score (nSPS) is 22.0. The third kappa shape index (κ3) is 1.54. The second-order valence-electron chi connectivity index (χ2n) is 3.24. The van der Waals surface area contributed by atoms with E-state index in [9.17, 15) is 0 Å². The van der Waals surface area contributed by atoms with Gasteiger partial charge in [0.15, 0.2) is 0 Å². The Balaban J connectivity index is 2.37. The average molecular weight is 227 g/mol. The molecule has 0 saturated carbocycles. The first-order valence-corrected chi connectivity index (χ1v) is 4.94. The minimum absolute atomic E-state index is 0.374. The summed E-state index contributed by atoms with van der Waals surface area (Å²) >= 11 is 3.45. The predicted octanol–water partition coefficient (Wildman–Crippen LogP) is 2.91. The largest absolute Gasteiger partial charge is 0.373 e. The van der Waals surface area contributed by atoms with Crippen LogP contribution in [-0.2, 0) is 17.8 Å². The van der Waals surface area contributed by atoms with Crippen LogP contribution in [0.3, 0.4) is 0 Å². The van der Waals surface area contributed by atoms with Gasteiger partial charge in [0.25, 0.3) is 0 Å². The number of rotatable bonds is 0. The Morgan fingerprint density at radius 2 is 2.25 bits per heavy atom. The third-order valence-electron chi connectivity index (χ3n) is 2.20. The monoisotopic (exact) mass is 226 g/mol. The van der Waals surface area contributed by atoms with Crippen molar-refractivity contribution in [3.63, 3.8) is 0 Å². The van der Waals surface area contributed by atoms with Crippen molar-refractivity contribution in [2.24, 2.45) is 0 Å². The molecular weight excluding hydrogens is 216 g/mol. The third-order valence-corrected chi connectivity index (χ3v) is 2.69. The minimum Gasteiger partial charge on any atom is -0.373 e. The van der Waals surface area contributed by atoms with E-state index in [1.165, 1.54) is 11.1 Å². The van der Waals surface area contributed by atoms with Gasteiger partial charge >= 0.3 is 0 Å². The molecule has 0 amide bonds. The van der Waals surface area contributed by atoms with Crippen molar-refractivity contribution >= 4 is 15.9 Å². The van der Waals surface area contributed by atoms with Crippen molar-refractivity contribution in [2.75, 3.05) is 0 Å². The molecule has 1 unspecified atom stereocenters. The molecule has 0 N–H and O–H groups in total. The van der Waals surface area contributed by atoms with E-state index in [4.69, 9.17) is 4.74 Å². The fourth-order valence-electron chi connectivity index (χ4n) is 1.53. The summed E-state index contributed by atoms with van der Waals surface area (Å²) < 4.78 is 6.68. The highest BCUT2D eigenvalue weighted by atomic mass is 79.9. The minimum atomic E-state index is 0.374. The molecule has 2 rings (SSSR count). The van der Waals surface area contributed by atoms with Crippen LogP contribution in [0.5, 0.6) is 0 Å². The van der Waals surface area contributed by atoms with Crippen molar-refractivity contribution in [1.29, 1.82) is 0 Å². The van der Waals surface area contributed by atoms with E-state index in [-0.39, 0.29) is 0 Å². The summed E-state index contributed by atoms with van der Waals surface area (Å²) in [7, 11) is 0. The summed E-state index contributed by atoms with van der Waals surface area (Å²) in [4.78, 5) is 0. The highest BCUT2D eigenvalue weighted by Crippen LogP contribution is 2.23. The van der Waals surface area contributed by atoms with Gasteiger partial charge < -0.3 is 4.74 Å². The number of benzene rings is 1. The molecule has 64 valence electrons. The Morgan fingerprint density at radius 3 is 3.08 bits per heavy atom. The van der Waals surface area contributed by atoms with Gasteiger partial charge in [-0.15, -0.1) is 0 Å². The Hall–Kier alpha value is -0.340. The Bertz CT molecular complexity index is 296. The van der Waals surface area contributed by atoms with Crippen molar-refractivity contribution in [1.82, 2.24) is 0 Å². The summed E-state index contributed by atoms with van der Waals surface area (Å²) in [6.45, 7) is 2.88. The smallest absolute Gasteiger partial charge is 0.0723 e. The fraction of sp³-hybridized carbons (Fsp3) is 0.400. The quantitative estimate of drug-likeness (QED) is 0.662. The molecular formula is C10H11BrO. The average Bonchev–Trinajstić information content (AvgIpc) is 2.05. The van der Waals surface area contributed by atoms with Gasteiger partial charge in [0.05, 0.1) is 12.7 Å². The lowest BCUT2D eigenvalue weighted by molar-refractivity contribution is 0.0410. The maximum atomic E-state index is 5.54. The molecule has 0 spiro atoms. The van der Waals surface area contributed by atoms with Crippen LogP contribution in [0.15, 0.2) is 22.7 Å². The van der Waals surface area contributed by atoms with Crippen molar-refractivity contribution in [2.45, 2.75) is 26.1 Å². The molecule has 1 aliphatic heterocycles. The SMILES string of the molecule is CC1Cc2ccc(Br)cc2CO1. The molecule has 1 heterocycles. The summed E-state index contributed by atoms with van der Waals surface area (Å²) in [5.74, 6) is 0. The van der Waals surface area contributed by atoms with Crippen molar-refractivity contribution < 1.29 is 4.74 Å². The number of fused-ring (bicyclic) bond motifs is 1. The molecule has 1 aromatic rings. The number of hydrogen-bond donors (Lipinski definition) is 0. The van der Waals surface area contributed by atoms with Gasteiger partial charge in [-0.3, -0.25) is 0 Å². The molecule has 12 heavy (non-hydrogen) atoms. The second kappa shape index (κ2) is 3.19. The molecule has 0 aliphatic carbocycles. The number of halogens is 1. The molecule has 0 bridgehead atoms. The first kappa shape index (κ1) is 8.27. The van der Waals surface area contributed by atoms with Crippen molar-refractivity contribution in [3.8, 4) is 0 Å². The second-order valence-corrected chi connectivity index (χ2v) is 4.15. The van der Waals surface area contributed by atoms with E-state index in [0.717, 1.165) is 17.5 Å².